The molecule has 2 heterocycles. The fourth-order valence-electron chi connectivity index (χ4n) is 2.38. The van der Waals surface area contributed by atoms with Gasteiger partial charge >= 0.3 is 0 Å². The summed E-state index contributed by atoms with van der Waals surface area (Å²) in [6.07, 6.45) is 0.858. The lowest BCUT2D eigenvalue weighted by molar-refractivity contribution is 0.0878. The zero-order chi connectivity index (χ0) is 11.5. The number of thiophene rings is 1. The standard InChI is InChI=1S/C12H20N2OS/c1-9-11-4-6-16-12(11)3-5-14(9)8-10(15)7-13-2/h4,6,9-10,13,15H,3,5,7-8H2,1-2H3. The van der Waals surface area contributed by atoms with Crippen LogP contribution in [0, 0.1) is 0 Å². The summed E-state index contributed by atoms with van der Waals surface area (Å²) in [5.74, 6) is 0. The van der Waals surface area contributed by atoms with Crippen LogP contribution in [0.5, 0.6) is 0 Å². The van der Waals surface area contributed by atoms with E-state index in [0.29, 0.717) is 12.6 Å². The summed E-state index contributed by atoms with van der Waals surface area (Å²) < 4.78 is 0. The van der Waals surface area contributed by atoms with Crippen molar-refractivity contribution in [2.75, 3.05) is 26.7 Å². The van der Waals surface area contributed by atoms with Crippen LogP contribution in [0.25, 0.3) is 0 Å². The highest BCUT2D eigenvalue weighted by Gasteiger charge is 2.25. The van der Waals surface area contributed by atoms with Gasteiger partial charge in [0.1, 0.15) is 0 Å². The molecule has 2 rings (SSSR count). The first-order valence-electron chi connectivity index (χ1n) is 5.85. The quantitative estimate of drug-likeness (QED) is 0.831. The SMILES string of the molecule is CNCC(O)CN1CCc2sccc2C1C. The molecule has 4 heteroatoms. The largest absolute Gasteiger partial charge is 0.390 e. The van der Waals surface area contributed by atoms with E-state index in [9.17, 15) is 5.11 Å². The number of aliphatic hydroxyl groups excluding tert-OH is 1. The molecule has 0 aliphatic carbocycles. The van der Waals surface area contributed by atoms with Crippen molar-refractivity contribution in [3.8, 4) is 0 Å². The number of β-amino-alcohol motifs (C(OH)–C–C–N with tert-alkyl or cyclic N) is 1. The maximum atomic E-state index is 9.82. The molecule has 0 bridgehead atoms. The Kier molecular flexibility index (Phi) is 3.97. The van der Waals surface area contributed by atoms with Gasteiger partial charge in [-0.2, -0.15) is 0 Å². The Morgan fingerprint density at radius 3 is 3.25 bits per heavy atom. The van der Waals surface area contributed by atoms with Crippen LogP contribution >= 0.6 is 11.3 Å². The van der Waals surface area contributed by atoms with Gasteiger partial charge in [-0.1, -0.05) is 0 Å². The fourth-order valence-corrected chi connectivity index (χ4v) is 3.34. The molecular formula is C12H20N2OS. The van der Waals surface area contributed by atoms with E-state index in [4.69, 9.17) is 0 Å². The van der Waals surface area contributed by atoms with Gasteiger partial charge in [0.15, 0.2) is 0 Å². The molecule has 2 unspecified atom stereocenters. The number of aliphatic hydroxyl groups is 1. The number of nitrogens with one attached hydrogen (secondary N) is 1. The Bertz CT molecular complexity index is 340. The van der Waals surface area contributed by atoms with Crippen LogP contribution in [-0.4, -0.2) is 42.8 Å². The average Bonchev–Trinajstić information content (AvgIpc) is 2.71. The molecule has 2 N–H and O–H groups in total. The summed E-state index contributed by atoms with van der Waals surface area (Å²) >= 11 is 1.86. The van der Waals surface area contributed by atoms with Gasteiger partial charge in [-0.05, 0) is 37.4 Å². The number of rotatable bonds is 4. The normalized spacial score (nSPS) is 23.1. The van der Waals surface area contributed by atoms with E-state index in [1.165, 1.54) is 10.4 Å². The first-order valence-corrected chi connectivity index (χ1v) is 6.73. The molecule has 3 nitrogen and oxygen atoms in total. The van der Waals surface area contributed by atoms with Gasteiger partial charge in [0.2, 0.25) is 0 Å². The summed E-state index contributed by atoms with van der Waals surface area (Å²) in [7, 11) is 1.87. The first kappa shape index (κ1) is 12.0. The van der Waals surface area contributed by atoms with Gasteiger partial charge in [0.05, 0.1) is 6.10 Å². The van der Waals surface area contributed by atoms with E-state index in [-0.39, 0.29) is 6.10 Å². The number of nitrogens with zero attached hydrogens (tertiary/aromatic N) is 1. The van der Waals surface area contributed by atoms with Gasteiger partial charge in [0.25, 0.3) is 0 Å². The van der Waals surface area contributed by atoms with Gasteiger partial charge in [-0.15, -0.1) is 11.3 Å². The van der Waals surface area contributed by atoms with E-state index in [1.807, 2.05) is 18.4 Å². The maximum Gasteiger partial charge on any atom is 0.0791 e. The van der Waals surface area contributed by atoms with Crippen molar-refractivity contribution in [2.24, 2.45) is 0 Å². The van der Waals surface area contributed by atoms with Crippen molar-refractivity contribution in [3.63, 3.8) is 0 Å². The lowest BCUT2D eigenvalue weighted by Gasteiger charge is -2.34. The third-order valence-corrected chi connectivity index (χ3v) is 4.29. The highest BCUT2D eigenvalue weighted by Crippen LogP contribution is 2.32. The van der Waals surface area contributed by atoms with E-state index < -0.39 is 0 Å². The van der Waals surface area contributed by atoms with Gasteiger partial charge < -0.3 is 10.4 Å². The predicted octanol–water partition coefficient (Wildman–Crippen LogP) is 1.25. The van der Waals surface area contributed by atoms with Crippen LogP contribution in [0.4, 0.5) is 0 Å². The Morgan fingerprint density at radius 1 is 1.69 bits per heavy atom. The van der Waals surface area contributed by atoms with Gasteiger partial charge in [-0.3, -0.25) is 4.90 Å². The predicted molar refractivity (Wildman–Crippen MR) is 67.9 cm³/mol. The summed E-state index contributed by atoms with van der Waals surface area (Å²) in [6, 6.07) is 2.67. The maximum absolute atomic E-state index is 9.82. The monoisotopic (exact) mass is 240 g/mol. The van der Waals surface area contributed by atoms with Crippen molar-refractivity contribution >= 4 is 11.3 Å². The van der Waals surface area contributed by atoms with E-state index in [2.05, 4.69) is 28.6 Å². The minimum Gasteiger partial charge on any atom is -0.390 e. The number of hydrogen-bond donors (Lipinski definition) is 2. The van der Waals surface area contributed by atoms with Crippen LogP contribution in [0.15, 0.2) is 11.4 Å². The minimum atomic E-state index is -0.271. The van der Waals surface area contributed by atoms with Crippen LogP contribution in [-0.2, 0) is 6.42 Å². The molecule has 0 radical (unpaired) electrons. The van der Waals surface area contributed by atoms with E-state index >= 15 is 0 Å². The van der Waals surface area contributed by atoms with Crippen LogP contribution in [0.3, 0.4) is 0 Å². The molecule has 16 heavy (non-hydrogen) atoms. The van der Waals surface area contributed by atoms with Gasteiger partial charge in [0, 0.05) is 30.6 Å². The molecule has 0 spiro atoms. The van der Waals surface area contributed by atoms with Crippen molar-refractivity contribution < 1.29 is 5.11 Å². The van der Waals surface area contributed by atoms with Crippen molar-refractivity contribution in [3.05, 3.63) is 21.9 Å². The molecule has 90 valence electrons. The Hall–Kier alpha value is -0.420. The summed E-state index contributed by atoms with van der Waals surface area (Å²) in [5, 5.41) is 15.0. The molecule has 1 aliphatic heterocycles. The molecule has 0 aromatic carbocycles. The Balaban J connectivity index is 1.99. The van der Waals surface area contributed by atoms with Crippen molar-refractivity contribution in [1.82, 2.24) is 10.2 Å². The van der Waals surface area contributed by atoms with E-state index in [0.717, 1.165) is 19.5 Å². The third kappa shape index (κ3) is 2.46. The summed E-state index contributed by atoms with van der Waals surface area (Å²) in [6.45, 7) is 4.73. The lowest BCUT2D eigenvalue weighted by Crippen LogP contribution is -2.41. The molecule has 1 aliphatic rings. The molecule has 0 saturated heterocycles. The highest BCUT2D eigenvalue weighted by atomic mass is 32.1. The lowest BCUT2D eigenvalue weighted by atomic mass is 10.0. The summed E-state index contributed by atoms with van der Waals surface area (Å²) in [4.78, 5) is 3.89. The molecule has 1 aromatic rings. The third-order valence-electron chi connectivity index (χ3n) is 3.29. The fraction of sp³-hybridized carbons (Fsp3) is 0.667. The molecule has 0 amide bonds. The molecule has 0 fully saturated rings. The second kappa shape index (κ2) is 5.27. The molecule has 2 atom stereocenters. The van der Waals surface area contributed by atoms with Gasteiger partial charge in [-0.25, -0.2) is 0 Å². The van der Waals surface area contributed by atoms with Crippen LogP contribution < -0.4 is 5.32 Å². The highest BCUT2D eigenvalue weighted by molar-refractivity contribution is 7.10. The topological polar surface area (TPSA) is 35.5 Å². The molecule has 0 saturated carbocycles. The first-order chi connectivity index (χ1) is 7.72. The number of fused-ring (bicyclic) bond motifs is 1. The number of hydrogen-bond acceptors (Lipinski definition) is 4. The smallest absolute Gasteiger partial charge is 0.0791 e. The van der Waals surface area contributed by atoms with Crippen molar-refractivity contribution in [1.29, 1.82) is 0 Å². The Labute approximate surface area is 101 Å². The minimum absolute atomic E-state index is 0.271. The molecular weight excluding hydrogens is 220 g/mol. The van der Waals surface area contributed by atoms with Crippen molar-refractivity contribution in [2.45, 2.75) is 25.5 Å². The summed E-state index contributed by atoms with van der Waals surface area (Å²) in [5.41, 5.74) is 1.45. The second-order valence-electron chi connectivity index (χ2n) is 4.43. The number of likely N-dealkylation sites (N-methyl/N-ethyl adjacent to an activating group) is 1. The molecule has 1 aromatic heterocycles. The zero-order valence-electron chi connectivity index (χ0n) is 9.94. The zero-order valence-corrected chi connectivity index (χ0v) is 10.8. The van der Waals surface area contributed by atoms with Crippen LogP contribution in [0.2, 0.25) is 0 Å². The average molecular weight is 240 g/mol. The Morgan fingerprint density at radius 2 is 2.50 bits per heavy atom. The van der Waals surface area contributed by atoms with Crippen LogP contribution in [0.1, 0.15) is 23.4 Å². The second-order valence-corrected chi connectivity index (χ2v) is 5.43. The van der Waals surface area contributed by atoms with E-state index in [1.54, 1.807) is 0 Å².